The number of aromatic nitrogens is 1. The number of benzene rings is 1. The molecule has 0 unspecified atom stereocenters. The number of amides is 1. The van der Waals surface area contributed by atoms with Crippen molar-refractivity contribution in [3.63, 3.8) is 0 Å². The van der Waals surface area contributed by atoms with Crippen molar-refractivity contribution in [2.45, 2.75) is 25.3 Å². The summed E-state index contributed by atoms with van der Waals surface area (Å²) in [7, 11) is 0. The Morgan fingerprint density at radius 1 is 1.42 bits per heavy atom. The number of nitrogens with zero attached hydrogens (tertiary/aromatic N) is 2. The highest BCUT2D eigenvalue weighted by molar-refractivity contribution is 7.18. The fourth-order valence-electron chi connectivity index (χ4n) is 2.69. The molecule has 3 rings (SSSR count). The van der Waals surface area contributed by atoms with Crippen molar-refractivity contribution in [1.29, 1.82) is 0 Å². The summed E-state index contributed by atoms with van der Waals surface area (Å²) in [5, 5.41) is 1.11. The van der Waals surface area contributed by atoms with Gasteiger partial charge in [-0.15, -0.1) is 11.3 Å². The van der Waals surface area contributed by atoms with Gasteiger partial charge in [0.15, 0.2) is 0 Å². The number of hydrogen-bond donors (Lipinski definition) is 1. The molecule has 0 saturated carbocycles. The minimum Gasteiger partial charge on any atom is -0.369 e. The summed E-state index contributed by atoms with van der Waals surface area (Å²) in [4.78, 5) is 18.1. The van der Waals surface area contributed by atoms with Crippen LogP contribution in [0.15, 0.2) is 24.3 Å². The molecule has 1 aromatic carbocycles. The van der Waals surface area contributed by atoms with E-state index in [0.29, 0.717) is 6.54 Å². The minimum absolute atomic E-state index is 0.249. The third kappa shape index (κ3) is 2.62. The average molecular weight is 275 g/mol. The fraction of sp³-hybridized carbons (Fsp3) is 0.429. The van der Waals surface area contributed by atoms with Crippen LogP contribution in [0.4, 0.5) is 0 Å². The molecule has 1 amide bonds. The summed E-state index contributed by atoms with van der Waals surface area (Å²) in [5.74, 6) is -0.256. The number of primary amides is 1. The fourth-order valence-corrected chi connectivity index (χ4v) is 3.83. The Balaban J connectivity index is 1.91. The first-order valence-corrected chi connectivity index (χ1v) is 7.43. The summed E-state index contributed by atoms with van der Waals surface area (Å²) >= 11 is 1.73. The van der Waals surface area contributed by atoms with Crippen LogP contribution in [0.3, 0.4) is 0 Å². The van der Waals surface area contributed by atoms with E-state index in [1.807, 2.05) is 18.2 Å². The first-order valence-electron chi connectivity index (χ1n) is 6.62. The number of fused-ring (bicyclic) bond motifs is 1. The molecule has 1 atom stereocenters. The number of carbonyl (C=O) groups is 1. The van der Waals surface area contributed by atoms with E-state index >= 15 is 0 Å². The lowest BCUT2D eigenvalue weighted by Gasteiger charge is -2.33. The number of rotatable bonds is 3. The Morgan fingerprint density at radius 2 is 2.26 bits per heavy atom. The molecule has 2 aromatic rings. The van der Waals surface area contributed by atoms with E-state index in [-0.39, 0.29) is 11.9 Å². The van der Waals surface area contributed by atoms with Gasteiger partial charge in [0.25, 0.3) is 0 Å². The van der Waals surface area contributed by atoms with Gasteiger partial charge >= 0.3 is 0 Å². The number of hydrogen-bond acceptors (Lipinski definition) is 4. The Hall–Kier alpha value is -1.46. The van der Waals surface area contributed by atoms with E-state index in [9.17, 15) is 4.79 Å². The highest BCUT2D eigenvalue weighted by Crippen LogP contribution is 2.35. The Morgan fingerprint density at radius 3 is 3.05 bits per heavy atom. The Labute approximate surface area is 116 Å². The molecule has 5 heteroatoms. The number of likely N-dealkylation sites (tertiary alicyclic amines) is 1. The van der Waals surface area contributed by atoms with E-state index < -0.39 is 0 Å². The van der Waals surface area contributed by atoms with Crippen LogP contribution in [0.25, 0.3) is 10.2 Å². The van der Waals surface area contributed by atoms with Crippen LogP contribution in [0, 0.1) is 0 Å². The van der Waals surface area contributed by atoms with E-state index in [1.165, 1.54) is 11.1 Å². The molecule has 0 aliphatic carbocycles. The maximum atomic E-state index is 11.2. The first-order chi connectivity index (χ1) is 9.24. The molecule has 19 heavy (non-hydrogen) atoms. The predicted molar refractivity (Wildman–Crippen MR) is 77.0 cm³/mol. The number of piperidine rings is 1. The van der Waals surface area contributed by atoms with E-state index in [1.54, 1.807) is 11.3 Å². The third-order valence-corrected chi connectivity index (χ3v) is 4.71. The maximum absolute atomic E-state index is 11.2. The normalized spacial score (nSPS) is 20.7. The largest absolute Gasteiger partial charge is 0.369 e. The van der Waals surface area contributed by atoms with Crippen molar-refractivity contribution in [3.8, 4) is 0 Å². The van der Waals surface area contributed by atoms with Crippen LogP contribution in [-0.2, 0) is 4.79 Å². The Kier molecular flexibility index (Phi) is 3.48. The number of nitrogens with two attached hydrogens (primary N) is 1. The van der Waals surface area contributed by atoms with Gasteiger partial charge in [-0.25, -0.2) is 4.98 Å². The van der Waals surface area contributed by atoms with Crippen molar-refractivity contribution in [3.05, 3.63) is 29.3 Å². The molecule has 0 radical (unpaired) electrons. The van der Waals surface area contributed by atoms with Gasteiger partial charge in [-0.1, -0.05) is 18.6 Å². The van der Waals surface area contributed by atoms with Crippen LogP contribution < -0.4 is 5.73 Å². The molecule has 0 spiro atoms. The third-order valence-electron chi connectivity index (χ3n) is 3.57. The second-order valence-electron chi connectivity index (χ2n) is 4.97. The standard InChI is InChI=1S/C14H17N3OS/c15-13(18)9-17-8-4-3-6-11(17)14-16-10-5-1-2-7-12(10)19-14/h1-2,5,7,11H,3-4,6,8-9H2,(H2,15,18)/t11-/m1/s1. The van der Waals surface area contributed by atoms with Crippen LogP contribution in [-0.4, -0.2) is 28.9 Å². The van der Waals surface area contributed by atoms with Crippen molar-refractivity contribution in [2.24, 2.45) is 5.73 Å². The second-order valence-corrected chi connectivity index (χ2v) is 6.03. The van der Waals surface area contributed by atoms with Crippen molar-refractivity contribution in [2.75, 3.05) is 13.1 Å². The van der Waals surface area contributed by atoms with Crippen LogP contribution in [0.2, 0.25) is 0 Å². The molecule has 1 fully saturated rings. The molecule has 2 N–H and O–H groups in total. The zero-order chi connectivity index (χ0) is 13.2. The maximum Gasteiger partial charge on any atom is 0.231 e. The summed E-state index contributed by atoms with van der Waals surface area (Å²) in [6.45, 7) is 1.27. The molecule has 1 aliphatic heterocycles. The van der Waals surface area contributed by atoms with Gasteiger partial charge in [-0.3, -0.25) is 9.69 Å². The molecular formula is C14H17N3OS. The highest BCUT2D eigenvalue weighted by Gasteiger charge is 2.27. The number of thiazole rings is 1. The van der Waals surface area contributed by atoms with Crippen LogP contribution in [0.1, 0.15) is 30.3 Å². The lowest BCUT2D eigenvalue weighted by molar-refractivity contribution is -0.120. The molecule has 2 heterocycles. The highest BCUT2D eigenvalue weighted by atomic mass is 32.1. The van der Waals surface area contributed by atoms with Gasteiger partial charge in [0.05, 0.1) is 22.8 Å². The lowest BCUT2D eigenvalue weighted by Crippen LogP contribution is -2.39. The molecular weight excluding hydrogens is 258 g/mol. The molecule has 1 saturated heterocycles. The average Bonchev–Trinajstić information content (AvgIpc) is 2.82. The molecule has 1 aromatic heterocycles. The number of carbonyl (C=O) groups excluding carboxylic acids is 1. The van der Waals surface area contributed by atoms with Crippen LogP contribution >= 0.6 is 11.3 Å². The quantitative estimate of drug-likeness (QED) is 0.935. The summed E-state index contributed by atoms with van der Waals surface area (Å²) in [6, 6.07) is 8.42. The van der Waals surface area contributed by atoms with Crippen molar-refractivity contribution < 1.29 is 4.79 Å². The van der Waals surface area contributed by atoms with Crippen LogP contribution in [0.5, 0.6) is 0 Å². The van der Waals surface area contributed by atoms with Gasteiger partial charge in [0, 0.05) is 0 Å². The first kappa shape index (κ1) is 12.6. The minimum atomic E-state index is -0.256. The topological polar surface area (TPSA) is 59.2 Å². The number of para-hydroxylation sites is 1. The lowest BCUT2D eigenvalue weighted by atomic mass is 10.0. The molecule has 4 nitrogen and oxygen atoms in total. The van der Waals surface area contributed by atoms with E-state index in [0.717, 1.165) is 29.9 Å². The van der Waals surface area contributed by atoms with Gasteiger partial charge in [-0.05, 0) is 31.5 Å². The molecule has 100 valence electrons. The van der Waals surface area contributed by atoms with E-state index in [2.05, 4.69) is 11.0 Å². The van der Waals surface area contributed by atoms with Crippen molar-refractivity contribution >= 4 is 27.5 Å². The molecule has 0 bridgehead atoms. The summed E-state index contributed by atoms with van der Waals surface area (Å²) in [6.07, 6.45) is 3.39. The zero-order valence-corrected chi connectivity index (χ0v) is 11.5. The summed E-state index contributed by atoms with van der Waals surface area (Å²) in [5.41, 5.74) is 6.39. The Bertz CT molecular complexity index is 562. The smallest absolute Gasteiger partial charge is 0.231 e. The zero-order valence-electron chi connectivity index (χ0n) is 10.7. The monoisotopic (exact) mass is 275 g/mol. The summed E-state index contributed by atoms with van der Waals surface area (Å²) < 4.78 is 1.21. The van der Waals surface area contributed by atoms with Gasteiger partial charge in [0.2, 0.25) is 5.91 Å². The van der Waals surface area contributed by atoms with Gasteiger partial charge in [0.1, 0.15) is 5.01 Å². The molecule has 1 aliphatic rings. The second kappa shape index (κ2) is 5.27. The van der Waals surface area contributed by atoms with Crippen molar-refractivity contribution in [1.82, 2.24) is 9.88 Å². The SMILES string of the molecule is NC(=O)CN1CCCC[C@@H]1c1nc2ccccc2s1. The van der Waals surface area contributed by atoms with Gasteiger partial charge in [-0.2, -0.15) is 0 Å². The predicted octanol–water partition coefficient (Wildman–Crippen LogP) is 2.31. The van der Waals surface area contributed by atoms with Gasteiger partial charge < -0.3 is 5.73 Å². The van der Waals surface area contributed by atoms with E-state index in [4.69, 9.17) is 10.7 Å².